The number of nitrogens with zero attached hydrogens (tertiary/aromatic N) is 1. The molecule has 0 N–H and O–H groups in total. The van der Waals surface area contributed by atoms with E-state index in [-0.39, 0.29) is 17.9 Å². The number of allylic oxidation sites excluding steroid dienone is 1. The number of carbonyl (C=O) groups excluding carboxylic acids is 1. The predicted octanol–water partition coefficient (Wildman–Crippen LogP) is 4.33. The summed E-state index contributed by atoms with van der Waals surface area (Å²) in [5, 5.41) is 4.29. The molecule has 0 aliphatic heterocycles. The van der Waals surface area contributed by atoms with Gasteiger partial charge in [0, 0.05) is 0 Å². The zero-order valence-corrected chi connectivity index (χ0v) is 11.6. The van der Waals surface area contributed by atoms with E-state index in [9.17, 15) is 13.6 Å². The van der Waals surface area contributed by atoms with Crippen LogP contribution in [0, 0.1) is 0 Å². The number of fused-ring (bicyclic) bond motifs is 1. The van der Waals surface area contributed by atoms with Crippen LogP contribution in [0.2, 0.25) is 0 Å². The highest BCUT2D eigenvalue weighted by atomic mass is 19.3. The molecule has 0 atom stereocenters. The van der Waals surface area contributed by atoms with E-state index in [1.807, 2.05) is 0 Å². The lowest BCUT2D eigenvalue weighted by Gasteiger charge is -2.03. The molecule has 1 aromatic carbocycles. The first-order valence-electron chi connectivity index (χ1n) is 6.62. The van der Waals surface area contributed by atoms with Crippen LogP contribution in [0.15, 0.2) is 40.4 Å². The summed E-state index contributed by atoms with van der Waals surface area (Å²) in [5.74, 6) is -0.566. The Kier molecular flexibility index (Phi) is 5.03. The average molecular weight is 295 g/mol. The van der Waals surface area contributed by atoms with Gasteiger partial charge in [-0.25, -0.2) is 4.79 Å². The van der Waals surface area contributed by atoms with Crippen LogP contribution in [0.3, 0.4) is 0 Å². The zero-order valence-electron chi connectivity index (χ0n) is 11.6. The third kappa shape index (κ3) is 3.87. The molecular formula is C15H15F2NO3. The molecule has 0 fully saturated rings. The Morgan fingerprint density at radius 1 is 1.29 bits per heavy atom. The second-order valence-corrected chi connectivity index (χ2v) is 4.66. The molecule has 1 heterocycles. The molecule has 0 saturated heterocycles. The van der Waals surface area contributed by atoms with E-state index in [4.69, 9.17) is 9.26 Å². The van der Waals surface area contributed by atoms with Crippen molar-refractivity contribution in [1.82, 2.24) is 5.16 Å². The third-order valence-electron chi connectivity index (χ3n) is 3.07. The van der Waals surface area contributed by atoms with Crippen molar-refractivity contribution in [2.45, 2.75) is 26.2 Å². The Hall–Kier alpha value is -2.24. The molecule has 2 aromatic rings. The van der Waals surface area contributed by atoms with Gasteiger partial charge in [-0.05, 0) is 43.9 Å². The molecule has 0 aliphatic rings. The van der Waals surface area contributed by atoms with Crippen LogP contribution in [0.1, 0.15) is 36.7 Å². The summed E-state index contributed by atoms with van der Waals surface area (Å²) in [4.78, 5) is 11.9. The van der Waals surface area contributed by atoms with Gasteiger partial charge in [0.2, 0.25) is 0 Å². The summed E-state index contributed by atoms with van der Waals surface area (Å²) < 4.78 is 34.4. The minimum atomic E-state index is -1.64. The minimum absolute atomic E-state index is 0.0730. The molecule has 0 radical (unpaired) electrons. The molecule has 0 unspecified atom stereocenters. The molecule has 4 nitrogen and oxygen atoms in total. The van der Waals surface area contributed by atoms with Gasteiger partial charge in [-0.1, -0.05) is 17.3 Å². The highest BCUT2D eigenvalue weighted by molar-refractivity contribution is 6.00. The maximum absolute atomic E-state index is 12.2. The maximum Gasteiger partial charge on any atom is 0.361 e. The van der Waals surface area contributed by atoms with Gasteiger partial charge in [0.1, 0.15) is 0 Å². The molecule has 2 rings (SSSR count). The molecule has 0 spiro atoms. The number of esters is 1. The predicted molar refractivity (Wildman–Crippen MR) is 73.1 cm³/mol. The van der Waals surface area contributed by atoms with Crippen molar-refractivity contribution in [3.05, 3.63) is 41.6 Å². The van der Waals surface area contributed by atoms with Crippen molar-refractivity contribution in [2.24, 2.45) is 0 Å². The highest BCUT2D eigenvalue weighted by Gasteiger charge is 2.16. The van der Waals surface area contributed by atoms with Crippen molar-refractivity contribution in [1.29, 1.82) is 0 Å². The Balaban J connectivity index is 1.82. The number of ether oxygens (including phenoxy) is 1. The number of halogens is 2. The molecule has 0 bridgehead atoms. The Bertz CT molecular complexity index is 660. The fourth-order valence-corrected chi connectivity index (χ4v) is 1.85. The van der Waals surface area contributed by atoms with E-state index < -0.39 is 12.0 Å². The topological polar surface area (TPSA) is 52.3 Å². The summed E-state index contributed by atoms with van der Waals surface area (Å²) in [6, 6.07) is 6.99. The van der Waals surface area contributed by atoms with Crippen LogP contribution in [-0.2, 0) is 4.74 Å². The van der Waals surface area contributed by atoms with E-state index >= 15 is 0 Å². The van der Waals surface area contributed by atoms with Gasteiger partial charge < -0.3 is 9.26 Å². The van der Waals surface area contributed by atoms with Crippen molar-refractivity contribution in [3.8, 4) is 0 Å². The van der Waals surface area contributed by atoms with Crippen molar-refractivity contribution in [2.75, 3.05) is 6.61 Å². The number of para-hydroxylation sites is 1. The first kappa shape index (κ1) is 15.2. The Morgan fingerprint density at radius 2 is 2.05 bits per heavy atom. The van der Waals surface area contributed by atoms with Gasteiger partial charge in [0.05, 0.1) is 12.0 Å². The van der Waals surface area contributed by atoms with E-state index in [0.29, 0.717) is 30.2 Å². The summed E-state index contributed by atoms with van der Waals surface area (Å²) in [7, 11) is 0. The molecular weight excluding hydrogens is 280 g/mol. The van der Waals surface area contributed by atoms with Gasteiger partial charge in [-0.15, -0.1) is 0 Å². The van der Waals surface area contributed by atoms with Crippen LogP contribution in [0.5, 0.6) is 0 Å². The average Bonchev–Trinajstić information content (AvgIpc) is 2.90. The van der Waals surface area contributed by atoms with Gasteiger partial charge in [0.15, 0.2) is 11.3 Å². The molecule has 1 aromatic heterocycles. The van der Waals surface area contributed by atoms with Crippen LogP contribution < -0.4 is 0 Å². The van der Waals surface area contributed by atoms with Crippen LogP contribution in [0.25, 0.3) is 11.0 Å². The summed E-state index contributed by atoms with van der Waals surface area (Å²) in [6.45, 7) is 1.56. The molecule has 0 amide bonds. The minimum Gasteiger partial charge on any atom is -0.461 e. The standard InChI is InChI=1S/C15H15F2NO3/c1-10(14(16)17)6-4-5-9-20-15(19)13-11-7-2-3-8-12(11)21-18-13/h2-3,7-8H,4-6,9H2,1H3. The van der Waals surface area contributed by atoms with Crippen LogP contribution in [-0.4, -0.2) is 17.7 Å². The number of hydrogen-bond acceptors (Lipinski definition) is 4. The van der Waals surface area contributed by atoms with Gasteiger partial charge >= 0.3 is 5.97 Å². The SMILES string of the molecule is CC(CCCCOC(=O)c1noc2ccccc12)=C(F)F. The first-order chi connectivity index (χ1) is 10.1. The number of unbranched alkanes of at least 4 members (excludes halogenated alkanes) is 1. The molecule has 21 heavy (non-hydrogen) atoms. The zero-order chi connectivity index (χ0) is 15.2. The maximum atomic E-state index is 12.2. The number of hydrogen-bond donors (Lipinski definition) is 0. The number of rotatable bonds is 6. The quantitative estimate of drug-likeness (QED) is 0.588. The second kappa shape index (κ2) is 6.97. The lowest BCUT2D eigenvalue weighted by molar-refractivity contribution is 0.0489. The lowest BCUT2D eigenvalue weighted by Crippen LogP contribution is -2.07. The normalized spacial score (nSPS) is 10.6. The fraction of sp³-hybridized carbons (Fsp3) is 0.333. The summed E-state index contributed by atoms with van der Waals surface area (Å²) in [6.07, 6.45) is -0.282. The largest absolute Gasteiger partial charge is 0.461 e. The third-order valence-corrected chi connectivity index (χ3v) is 3.07. The summed E-state index contributed by atoms with van der Waals surface area (Å²) >= 11 is 0. The number of aromatic nitrogens is 1. The fourth-order valence-electron chi connectivity index (χ4n) is 1.85. The Labute approximate surface area is 120 Å². The van der Waals surface area contributed by atoms with Gasteiger partial charge in [-0.2, -0.15) is 8.78 Å². The van der Waals surface area contributed by atoms with Crippen LogP contribution in [0.4, 0.5) is 8.78 Å². The number of carbonyl (C=O) groups is 1. The summed E-state index contributed by atoms with van der Waals surface area (Å²) in [5.41, 5.74) is 0.726. The molecule has 0 aliphatic carbocycles. The van der Waals surface area contributed by atoms with Crippen molar-refractivity contribution < 1.29 is 22.8 Å². The van der Waals surface area contributed by atoms with E-state index in [1.54, 1.807) is 24.3 Å². The smallest absolute Gasteiger partial charge is 0.361 e. The van der Waals surface area contributed by atoms with E-state index in [1.165, 1.54) is 6.92 Å². The van der Waals surface area contributed by atoms with E-state index in [2.05, 4.69) is 5.16 Å². The Morgan fingerprint density at radius 3 is 2.81 bits per heavy atom. The van der Waals surface area contributed by atoms with Gasteiger partial charge in [-0.3, -0.25) is 0 Å². The van der Waals surface area contributed by atoms with Crippen molar-refractivity contribution >= 4 is 16.9 Å². The van der Waals surface area contributed by atoms with Crippen LogP contribution >= 0.6 is 0 Å². The second-order valence-electron chi connectivity index (χ2n) is 4.66. The molecule has 112 valence electrons. The van der Waals surface area contributed by atoms with Gasteiger partial charge in [0.25, 0.3) is 6.08 Å². The first-order valence-corrected chi connectivity index (χ1v) is 6.62. The monoisotopic (exact) mass is 295 g/mol. The molecule has 6 heteroatoms. The number of benzene rings is 1. The molecule has 0 saturated carbocycles. The van der Waals surface area contributed by atoms with Crippen molar-refractivity contribution in [3.63, 3.8) is 0 Å². The van der Waals surface area contributed by atoms with E-state index in [0.717, 1.165) is 0 Å². The highest BCUT2D eigenvalue weighted by Crippen LogP contribution is 2.19. The lowest BCUT2D eigenvalue weighted by atomic mass is 10.1.